The van der Waals surface area contributed by atoms with Gasteiger partial charge < -0.3 is 4.74 Å². The Hall–Kier alpha value is -3.02. The normalized spacial score (nSPS) is 13.1. The zero-order chi connectivity index (χ0) is 19.4. The topological polar surface area (TPSA) is 76.6 Å². The van der Waals surface area contributed by atoms with E-state index in [1.165, 1.54) is 12.8 Å². The molecule has 6 heteroatoms. The second kappa shape index (κ2) is 8.12. The monoisotopic (exact) mass is 366 g/mol. The summed E-state index contributed by atoms with van der Waals surface area (Å²) < 4.78 is 4.61. The lowest BCUT2D eigenvalue weighted by molar-refractivity contribution is -0.151. The van der Waals surface area contributed by atoms with Crippen molar-refractivity contribution in [2.24, 2.45) is 5.92 Å². The molecule has 1 aliphatic carbocycles. The third kappa shape index (κ3) is 4.39. The van der Waals surface area contributed by atoms with Gasteiger partial charge in [-0.05, 0) is 43.5 Å². The van der Waals surface area contributed by atoms with Gasteiger partial charge in [-0.1, -0.05) is 31.0 Å². The van der Waals surface area contributed by atoms with E-state index >= 15 is 0 Å². The number of para-hydroxylation sites is 1. The van der Waals surface area contributed by atoms with Gasteiger partial charge in [-0.25, -0.2) is 9.78 Å². The van der Waals surface area contributed by atoms with E-state index in [1.807, 2.05) is 0 Å². The van der Waals surface area contributed by atoms with Crippen molar-refractivity contribution in [3.05, 3.63) is 53.7 Å². The van der Waals surface area contributed by atoms with E-state index in [0.29, 0.717) is 29.3 Å². The minimum atomic E-state index is -1.02. The first kappa shape index (κ1) is 18.8. The number of hydrogen-bond acceptors (Lipinski definition) is 5. The smallest absolute Gasteiger partial charge is 0.397 e. The van der Waals surface area contributed by atoms with Gasteiger partial charge in [-0.15, -0.1) is 0 Å². The highest BCUT2D eigenvalue weighted by Gasteiger charge is 2.31. The summed E-state index contributed by atoms with van der Waals surface area (Å²) in [5.41, 5.74) is 1.42. The number of benzene rings is 1. The van der Waals surface area contributed by atoms with Crippen LogP contribution in [0.3, 0.4) is 0 Å². The molecular weight excluding hydrogens is 344 g/mol. The number of carbonyl (C=O) groups excluding carboxylic acids is 3. The van der Waals surface area contributed by atoms with Crippen LogP contribution in [-0.4, -0.2) is 29.8 Å². The number of amides is 1. The van der Waals surface area contributed by atoms with Crippen molar-refractivity contribution in [1.82, 2.24) is 4.98 Å². The molecule has 27 heavy (non-hydrogen) atoms. The molecule has 3 rings (SSSR count). The Morgan fingerprint density at radius 1 is 1.11 bits per heavy atom. The Bertz CT molecular complexity index is 860. The standard InChI is InChI=1S/C21H22N2O4/c1-14-8-12-17(18(24)13-11-15-9-10-15)19(22-14)23(20(25)21(26)27-2)16-6-4-3-5-7-16/h3-8,12,15H,9-11,13H2,1-2H3. The summed E-state index contributed by atoms with van der Waals surface area (Å²) in [7, 11) is 1.15. The number of methoxy groups -OCH3 is 1. The fraction of sp³-hybridized carbons (Fsp3) is 0.333. The fourth-order valence-electron chi connectivity index (χ4n) is 2.90. The maximum atomic E-state index is 12.8. The highest BCUT2D eigenvalue weighted by Crippen LogP contribution is 2.35. The van der Waals surface area contributed by atoms with E-state index in [9.17, 15) is 14.4 Å². The molecule has 1 saturated carbocycles. The highest BCUT2D eigenvalue weighted by molar-refractivity contribution is 6.40. The van der Waals surface area contributed by atoms with E-state index in [0.717, 1.165) is 18.4 Å². The number of hydrogen-bond donors (Lipinski definition) is 0. The summed E-state index contributed by atoms with van der Waals surface area (Å²) in [6.45, 7) is 1.77. The maximum Gasteiger partial charge on any atom is 0.397 e. The lowest BCUT2D eigenvalue weighted by Crippen LogP contribution is -2.35. The van der Waals surface area contributed by atoms with Gasteiger partial charge in [0, 0.05) is 12.1 Å². The van der Waals surface area contributed by atoms with Crippen LogP contribution in [0.15, 0.2) is 42.5 Å². The van der Waals surface area contributed by atoms with Crippen molar-refractivity contribution >= 4 is 29.2 Å². The van der Waals surface area contributed by atoms with Gasteiger partial charge in [-0.3, -0.25) is 14.5 Å². The SMILES string of the molecule is COC(=O)C(=O)N(c1ccccc1)c1nc(C)ccc1C(=O)CCC1CC1. The van der Waals surface area contributed by atoms with Crippen molar-refractivity contribution in [2.75, 3.05) is 12.0 Å². The molecule has 0 N–H and O–H groups in total. The summed E-state index contributed by atoms with van der Waals surface area (Å²) in [6, 6.07) is 12.1. The number of aryl methyl sites for hydroxylation is 1. The van der Waals surface area contributed by atoms with E-state index in [-0.39, 0.29) is 11.6 Å². The van der Waals surface area contributed by atoms with E-state index in [2.05, 4.69) is 9.72 Å². The Kier molecular flexibility index (Phi) is 5.64. The number of anilines is 2. The minimum Gasteiger partial charge on any atom is -0.462 e. The van der Waals surface area contributed by atoms with Crippen molar-refractivity contribution < 1.29 is 19.1 Å². The first-order valence-electron chi connectivity index (χ1n) is 8.99. The van der Waals surface area contributed by atoms with E-state index in [1.54, 1.807) is 49.4 Å². The number of rotatable bonds is 6. The van der Waals surface area contributed by atoms with Crippen molar-refractivity contribution in [3.8, 4) is 0 Å². The van der Waals surface area contributed by atoms with Crippen molar-refractivity contribution in [3.63, 3.8) is 0 Å². The number of esters is 1. The number of Topliss-reactive ketones (excluding diaryl/α,β-unsaturated/α-hetero) is 1. The van der Waals surface area contributed by atoms with Crippen LogP contribution in [0.5, 0.6) is 0 Å². The molecule has 1 aromatic heterocycles. The zero-order valence-electron chi connectivity index (χ0n) is 15.5. The van der Waals surface area contributed by atoms with Crippen molar-refractivity contribution in [2.45, 2.75) is 32.6 Å². The molecule has 1 aromatic carbocycles. The Balaban J connectivity index is 2.04. The van der Waals surface area contributed by atoms with Gasteiger partial charge in [-0.2, -0.15) is 0 Å². The van der Waals surface area contributed by atoms with Gasteiger partial charge in [0.1, 0.15) is 0 Å². The van der Waals surface area contributed by atoms with Gasteiger partial charge >= 0.3 is 11.9 Å². The molecule has 140 valence electrons. The van der Waals surface area contributed by atoms with Crippen LogP contribution in [0.2, 0.25) is 0 Å². The Morgan fingerprint density at radius 2 is 1.81 bits per heavy atom. The van der Waals surface area contributed by atoms with Gasteiger partial charge in [0.05, 0.1) is 18.4 Å². The van der Waals surface area contributed by atoms with E-state index < -0.39 is 11.9 Å². The fourth-order valence-corrected chi connectivity index (χ4v) is 2.90. The van der Waals surface area contributed by atoms with Crippen LogP contribution in [0, 0.1) is 12.8 Å². The van der Waals surface area contributed by atoms with E-state index in [4.69, 9.17) is 0 Å². The average molecular weight is 366 g/mol. The van der Waals surface area contributed by atoms with Gasteiger partial charge in [0.2, 0.25) is 0 Å². The minimum absolute atomic E-state index is 0.0806. The number of ketones is 1. The largest absolute Gasteiger partial charge is 0.462 e. The van der Waals surface area contributed by atoms with Gasteiger partial charge in [0.15, 0.2) is 11.6 Å². The lowest BCUT2D eigenvalue weighted by Gasteiger charge is -2.23. The molecule has 0 radical (unpaired) electrons. The second-order valence-corrected chi connectivity index (χ2v) is 6.70. The summed E-state index contributed by atoms with van der Waals surface area (Å²) in [4.78, 5) is 43.1. The molecule has 0 spiro atoms. The Morgan fingerprint density at radius 3 is 2.44 bits per heavy atom. The second-order valence-electron chi connectivity index (χ2n) is 6.70. The first-order valence-corrected chi connectivity index (χ1v) is 8.99. The van der Waals surface area contributed by atoms with Crippen LogP contribution in [0.4, 0.5) is 11.5 Å². The maximum absolute atomic E-state index is 12.8. The quantitative estimate of drug-likeness (QED) is 0.443. The zero-order valence-corrected chi connectivity index (χ0v) is 15.5. The molecule has 1 amide bonds. The number of aromatic nitrogens is 1. The molecule has 0 atom stereocenters. The summed E-state index contributed by atoms with van der Waals surface area (Å²) in [6.07, 6.45) is 3.58. The molecule has 1 fully saturated rings. The lowest BCUT2D eigenvalue weighted by atomic mass is 10.0. The molecule has 0 aliphatic heterocycles. The first-order chi connectivity index (χ1) is 13.0. The average Bonchev–Trinajstić information content (AvgIpc) is 3.51. The molecule has 6 nitrogen and oxygen atoms in total. The van der Waals surface area contributed by atoms with Crippen LogP contribution >= 0.6 is 0 Å². The van der Waals surface area contributed by atoms with Crippen LogP contribution in [-0.2, 0) is 14.3 Å². The predicted molar refractivity (Wildman–Crippen MR) is 101 cm³/mol. The molecule has 0 unspecified atom stereocenters. The number of carbonyl (C=O) groups is 3. The van der Waals surface area contributed by atoms with Gasteiger partial charge in [0.25, 0.3) is 0 Å². The number of ether oxygens (including phenoxy) is 1. The molecule has 1 heterocycles. The summed E-state index contributed by atoms with van der Waals surface area (Å²) in [5, 5.41) is 0. The van der Waals surface area contributed by atoms with Crippen LogP contribution in [0.25, 0.3) is 0 Å². The van der Waals surface area contributed by atoms with Crippen molar-refractivity contribution in [1.29, 1.82) is 0 Å². The molecule has 0 saturated heterocycles. The summed E-state index contributed by atoms with van der Waals surface area (Å²) in [5.74, 6) is -1.20. The predicted octanol–water partition coefficient (Wildman–Crippen LogP) is 3.60. The Labute approximate surface area is 158 Å². The number of nitrogens with zero attached hydrogens (tertiary/aromatic N) is 2. The summed E-state index contributed by atoms with van der Waals surface area (Å²) >= 11 is 0. The van der Waals surface area contributed by atoms with Crippen LogP contribution in [0.1, 0.15) is 41.7 Å². The highest BCUT2D eigenvalue weighted by atomic mass is 16.5. The molecule has 2 aromatic rings. The third-order valence-electron chi connectivity index (χ3n) is 4.58. The number of pyridine rings is 1. The van der Waals surface area contributed by atoms with Crippen LogP contribution < -0.4 is 4.90 Å². The molecular formula is C21H22N2O4. The molecule has 0 bridgehead atoms. The molecule has 1 aliphatic rings. The third-order valence-corrected chi connectivity index (χ3v) is 4.58.